The van der Waals surface area contributed by atoms with Crippen LogP contribution in [-0.4, -0.2) is 24.8 Å². The number of nitrogens with zero attached hydrogens (tertiary/aromatic N) is 1. The molecule has 0 unspecified atom stereocenters. The Hall–Kier alpha value is -0.690. The van der Waals surface area contributed by atoms with Gasteiger partial charge in [0, 0.05) is 18.6 Å². The predicted octanol–water partition coefficient (Wildman–Crippen LogP) is 2.18. The minimum absolute atomic E-state index is 0.293. The van der Waals surface area contributed by atoms with E-state index in [1.165, 1.54) is 15.6 Å². The van der Waals surface area contributed by atoms with Gasteiger partial charge < -0.3 is 5.73 Å². The molecule has 1 heterocycles. The van der Waals surface area contributed by atoms with Crippen LogP contribution in [0.2, 0.25) is 0 Å². The first-order chi connectivity index (χ1) is 8.23. The maximum absolute atomic E-state index is 12.5. The summed E-state index contributed by atoms with van der Waals surface area (Å²) in [6.07, 6.45) is 1.60. The van der Waals surface area contributed by atoms with Gasteiger partial charge in [0.25, 0.3) is 10.0 Å². The first-order valence-corrected chi connectivity index (χ1v) is 7.96. The zero-order valence-corrected chi connectivity index (χ0v) is 12.6. The number of hydrogen-bond acceptors (Lipinski definition) is 4. The Morgan fingerprint density at radius 3 is 2.50 bits per heavy atom. The molecule has 0 atom stereocenters. The van der Waals surface area contributed by atoms with E-state index in [2.05, 4.69) is 6.58 Å². The van der Waals surface area contributed by atoms with E-state index < -0.39 is 15.6 Å². The first-order valence-electron chi connectivity index (χ1n) is 5.64. The van der Waals surface area contributed by atoms with Gasteiger partial charge in [0.05, 0.1) is 0 Å². The van der Waals surface area contributed by atoms with Crippen LogP contribution in [0.5, 0.6) is 0 Å². The van der Waals surface area contributed by atoms with Gasteiger partial charge in [-0.05, 0) is 37.8 Å². The van der Waals surface area contributed by atoms with E-state index in [1.807, 2.05) is 20.8 Å². The van der Waals surface area contributed by atoms with E-state index in [-0.39, 0.29) is 0 Å². The summed E-state index contributed by atoms with van der Waals surface area (Å²) < 4.78 is 26.9. The lowest BCUT2D eigenvalue weighted by Gasteiger charge is -2.33. The Bertz CT molecular complexity index is 512. The van der Waals surface area contributed by atoms with Crippen molar-refractivity contribution in [1.29, 1.82) is 0 Å². The zero-order valence-electron chi connectivity index (χ0n) is 11.0. The lowest BCUT2D eigenvalue weighted by atomic mass is 10.1. The van der Waals surface area contributed by atoms with E-state index in [1.54, 1.807) is 17.5 Å². The number of sulfonamides is 1. The second kappa shape index (κ2) is 5.52. The molecule has 1 aromatic heterocycles. The van der Waals surface area contributed by atoms with Crippen molar-refractivity contribution in [2.75, 3.05) is 6.54 Å². The number of hydrogen-bond donors (Lipinski definition) is 1. The minimum Gasteiger partial charge on any atom is -0.326 e. The van der Waals surface area contributed by atoms with Crippen molar-refractivity contribution >= 4 is 21.4 Å². The van der Waals surface area contributed by atoms with Crippen LogP contribution >= 0.6 is 11.3 Å². The highest BCUT2D eigenvalue weighted by Gasteiger charge is 2.33. The quantitative estimate of drug-likeness (QED) is 0.845. The Labute approximate surface area is 113 Å². The molecule has 0 aromatic carbocycles. The zero-order chi connectivity index (χ0) is 14.0. The fourth-order valence-corrected chi connectivity index (χ4v) is 4.65. The predicted molar refractivity (Wildman–Crippen MR) is 76.1 cm³/mol. The molecule has 0 fully saturated rings. The van der Waals surface area contributed by atoms with Crippen LogP contribution in [-0.2, 0) is 16.6 Å². The fourth-order valence-electron chi connectivity index (χ4n) is 1.55. The highest BCUT2D eigenvalue weighted by molar-refractivity contribution is 7.91. The molecule has 0 aliphatic heterocycles. The van der Waals surface area contributed by atoms with Gasteiger partial charge in [-0.15, -0.1) is 17.9 Å². The maximum Gasteiger partial charge on any atom is 0.253 e. The Kier molecular flexibility index (Phi) is 4.72. The van der Waals surface area contributed by atoms with Crippen molar-refractivity contribution in [1.82, 2.24) is 4.31 Å². The third-order valence-electron chi connectivity index (χ3n) is 2.45. The Morgan fingerprint density at radius 1 is 1.50 bits per heavy atom. The molecular weight excluding hydrogens is 268 g/mol. The third-order valence-corrected chi connectivity index (χ3v) is 6.05. The summed E-state index contributed by atoms with van der Waals surface area (Å²) in [5.41, 5.74) is 5.86. The Balaban J connectivity index is 3.21. The topological polar surface area (TPSA) is 63.4 Å². The summed E-state index contributed by atoms with van der Waals surface area (Å²) in [7, 11) is -3.49. The normalized spacial score (nSPS) is 12.9. The lowest BCUT2D eigenvalue weighted by molar-refractivity contribution is 0.270. The summed E-state index contributed by atoms with van der Waals surface area (Å²) in [4.78, 5) is 0. The smallest absolute Gasteiger partial charge is 0.253 e. The molecule has 2 N–H and O–H groups in total. The summed E-state index contributed by atoms with van der Waals surface area (Å²) in [5.74, 6) is 0. The Morgan fingerprint density at radius 2 is 2.11 bits per heavy atom. The van der Waals surface area contributed by atoms with Crippen LogP contribution in [0.1, 0.15) is 26.3 Å². The van der Waals surface area contributed by atoms with Crippen LogP contribution < -0.4 is 5.73 Å². The summed E-state index contributed by atoms with van der Waals surface area (Å²) in [5, 5.41) is 1.78. The number of thiophene rings is 1. The molecule has 0 radical (unpaired) electrons. The van der Waals surface area contributed by atoms with Gasteiger partial charge in [-0.2, -0.15) is 4.31 Å². The first kappa shape index (κ1) is 15.4. The van der Waals surface area contributed by atoms with Crippen LogP contribution in [0.4, 0.5) is 0 Å². The SMILES string of the molecule is C=CCN(C(C)(C)C)S(=O)(=O)c1cc(CN)cs1. The van der Waals surface area contributed by atoms with Crippen molar-refractivity contribution in [3.05, 3.63) is 29.7 Å². The molecule has 0 saturated heterocycles. The van der Waals surface area contributed by atoms with Crippen LogP contribution in [0.25, 0.3) is 0 Å². The molecule has 0 aliphatic carbocycles. The van der Waals surface area contributed by atoms with Gasteiger partial charge in [0.1, 0.15) is 4.21 Å². The number of nitrogens with two attached hydrogens (primary N) is 1. The van der Waals surface area contributed by atoms with E-state index in [9.17, 15) is 8.42 Å². The summed E-state index contributed by atoms with van der Waals surface area (Å²) in [6.45, 7) is 9.86. The second-order valence-corrected chi connectivity index (χ2v) is 7.97. The van der Waals surface area contributed by atoms with Crippen molar-refractivity contribution in [2.45, 2.75) is 37.1 Å². The molecule has 1 rings (SSSR count). The van der Waals surface area contributed by atoms with Gasteiger partial charge in [0.2, 0.25) is 0 Å². The van der Waals surface area contributed by atoms with Crippen LogP contribution in [0, 0.1) is 0 Å². The third kappa shape index (κ3) is 3.20. The minimum atomic E-state index is -3.49. The molecule has 102 valence electrons. The van der Waals surface area contributed by atoms with Gasteiger partial charge in [-0.1, -0.05) is 6.08 Å². The van der Waals surface area contributed by atoms with Crippen molar-refractivity contribution in [3.63, 3.8) is 0 Å². The van der Waals surface area contributed by atoms with E-state index in [0.29, 0.717) is 17.3 Å². The number of rotatable bonds is 5. The molecule has 0 amide bonds. The highest BCUT2D eigenvalue weighted by atomic mass is 32.2. The largest absolute Gasteiger partial charge is 0.326 e. The second-order valence-electron chi connectivity index (χ2n) is 4.97. The van der Waals surface area contributed by atoms with Gasteiger partial charge in [-0.25, -0.2) is 8.42 Å². The monoisotopic (exact) mass is 288 g/mol. The molecular formula is C12H20N2O2S2. The molecule has 1 aromatic rings. The van der Waals surface area contributed by atoms with Crippen LogP contribution in [0.15, 0.2) is 28.3 Å². The summed E-state index contributed by atoms with van der Waals surface area (Å²) >= 11 is 1.21. The van der Waals surface area contributed by atoms with Gasteiger partial charge in [0.15, 0.2) is 0 Å². The molecule has 18 heavy (non-hydrogen) atoms. The van der Waals surface area contributed by atoms with Gasteiger partial charge >= 0.3 is 0 Å². The van der Waals surface area contributed by atoms with E-state index in [4.69, 9.17) is 5.73 Å². The molecule has 6 heteroatoms. The highest BCUT2D eigenvalue weighted by Crippen LogP contribution is 2.28. The molecule has 0 bridgehead atoms. The molecule has 0 spiro atoms. The average molecular weight is 288 g/mol. The van der Waals surface area contributed by atoms with E-state index >= 15 is 0 Å². The average Bonchev–Trinajstić information content (AvgIpc) is 2.73. The fraction of sp³-hybridized carbons (Fsp3) is 0.500. The van der Waals surface area contributed by atoms with Crippen molar-refractivity contribution in [2.24, 2.45) is 5.73 Å². The maximum atomic E-state index is 12.5. The van der Waals surface area contributed by atoms with E-state index in [0.717, 1.165) is 5.56 Å². The molecule has 0 aliphatic rings. The standard InChI is InChI=1S/C12H20N2O2S2/c1-5-6-14(12(2,3)4)18(15,16)11-7-10(8-13)9-17-11/h5,7,9H,1,6,8,13H2,2-4H3. The summed E-state index contributed by atoms with van der Waals surface area (Å²) in [6, 6.07) is 1.64. The van der Waals surface area contributed by atoms with Crippen molar-refractivity contribution in [3.8, 4) is 0 Å². The van der Waals surface area contributed by atoms with Gasteiger partial charge in [-0.3, -0.25) is 0 Å². The molecule has 0 saturated carbocycles. The van der Waals surface area contributed by atoms with Crippen molar-refractivity contribution < 1.29 is 8.42 Å². The van der Waals surface area contributed by atoms with Crippen LogP contribution in [0.3, 0.4) is 0 Å². The lowest BCUT2D eigenvalue weighted by Crippen LogP contribution is -2.45. The molecule has 4 nitrogen and oxygen atoms in total.